The van der Waals surface area contributed by atoms with Gasteiger partial charge in [-0.05, 0) is 24.0 Å². The van der Waals surface area contributed by atoms with E-state index in [0.29, 0.717) is 0 Å². The average molecular weight is 291 g/mol. The van der Waals surface area contributed by atoms with Crippen molar-refractivity contribution in [1.29, 1.82) is 0 Å². The quantitative estimate of drug-likeness (QED) is 0.673. The maximum Gasteiger partial charge on any atom is 0.221 e. The van der Waals surface area contributed by atoms with Crippen molar-refractivity contribution in [2.24, 2.45) is 5.92 Å². The van der Waals surface area contributed by atoms with Gasteiger partial charge in [-0.3, -0.25) is 4.79 Å². The highest BCUT2D eigenvalue weighted by molar-refractivity contribution is 5.89. The van der Waals surface area contributed by atoms with Crippen molar-refractivity contribution in [3.63, 3.8) is 0 Å². The molecular formula is C19H33NO. The molecule has 0 spiro atoms. The molecule has 2 nitrogen and oxygen atoms in total. The lowest BCUT2D eigenvalue weighted by Gasteiger charge is -2.07. The molecule has 0 aromatic heterocycles. The first kappa shape index (κ1) is 19.7. The first-order valence-electron chi connectivity index (χ1n) is 8.40. The van der Waals surface area contributed by atoms with Crippen LogP contribution >= 0.6 is 0 Å². The number of hydrogen-bond acceptors (Lipinski definition) is 1. The molecule has 1 N–H and O–H groups in total. The molecule has 0 unspecified atom stereocenters. The molecule has 120 valence electrons. The number of hydrogen-bond donors (Lipinski definition) is 1. The number of amides is 1. The fraction of sp³-hybridized carbons (Fsp3) is 0.632. The molecule has 0 saturated carbocycles. The summed E-state index contributed by atoms with van der Waals surface area (Å²) in [7, 11) is 0. The van der Waals surface area contributed by atoms with Crippen molar-refractivity contribution in [3.8, 4) is 0 Å². The van der Waals surface area contributed by atoms with E-state index < -0.39 is 0 Å². The van der Waals surface area contributed by atoms with Crippen molar-refractivity contribution < 1.29 is 4.79 Å². The van der Waals surface area contributed by atoms with Crippen LogP contribution in [-0.2, 0) is 11.2 Å². The summed E-state index contributed by atoms with van der Waals surface area (Å²) in [6.45, 7) is 10.5. The zero-order chi connectivity index (χ0) is 16.1. The van der Waals surface area contributed by atoms with Crippen molar-refractivity contribution in [2.75, 3.05) is 5.32 Å². The SMILES string of the molecule is CCCC(C)CCC.CCCc1ccccc1NC(C)=O. The predicted octanol–water partition coefficient (Wildman–Crippen LogP) is 5.82. The molecule has 0 fully saturated rings. The van der Waals surface area contributed by atoms with Crippen molar-refractivity contribution in [3.05, 3.63) is 29.8 Å². The summed E-state index contributed by atoms with van der Waals surface area (Å²) in [6.07, 6.45) is 7.62. The maximum atomic E-state index is 10.9. The molecule has 0 heterocycles. The van der Waals surface area contributed by atoms with Crippen LogP contribution in [0.3, 0.4) is 0 Å². The first-order chi connectivity index (χ1) is 10.0. The van der Waals surface area contributed by atoms with Crippen molar-refractivity contribution in [2.45, 2.75) is 73.1 Å². The van der Waals surface area contributed by atoms with Crippen LogP contribution in [0.1, 0.15) is 72.3 Å². The standard InChI is InChI=1S/C11H15NO.C8H18/c1-3-6-10-7-4-5-8-11(10)12-9(2)13;1-4-6-8(3)7-5-2/h4-5,7-8H,3,6H2,1-2H3,(H,12,13);8H,4-7H2,1-3H3. The van der Waals surface area contributed by atoms with E-state index in [9.17, 15) is 4.79 Å². The molecule has 0 atom stereocenters. The molecule has 1 amide bonds. The van der Waals surface area contributed by atoms with Crippen molar-refractivity contribution in [1.82, 2.24) is 0 Å². The minimum atomic E-state index is -0.0106. The Kier molecular flexibility index (Phi) is 11.7. The Morgan fingerprint density at radius 1 is 1.05 bits per heavy atom. The van der Waals surface area contributed by atoms with Gasteiger partial charge < -0.3 is 5.32 Å². The largest absolute Gasteiger partial charge is 0.326 e. The Hall–Kier alpha value is -1.31. The number of nitrogens with one attached hydrogen (secondary N) is 1. The molecule has 0 bridgehead atoms. The number of para-hydroxylation sites is 1. The fourth-order valence-corrected chi connectivity index (χ4v) is 2.45. The van der Waals surface area contributed by atoms with E-state index in [1.54, 1.807) is 0 Å². The Morgan fingerprint density at radius 3 is 2.10 bits per heavy atom. The smallest absolute Gasteiger partial charge is 0.221 e. The van der Waals surface area contributed by atoms with Gasteiger partial charge in [0, 0.05) is 12.6 Å². The number of benzene rings is 1. The van der Waals surface area contributed by atoms with Gasteiger partial charge in [0.25, 0.3) is 0 Å². The second kappa shape index (κ2) is 12.4. The summed E-state index contributed by atoms with van der Waals surface area (Å²) in [6, 6.07) is 7.92. The molecular weight excluding hydrogens is 258 g/mol. The average Bonchev–Trinajstić information content (AvgIpc) is 2.42. The number of anilines is 1. The van der Waals surface area contributed by atoms with Gasteiger partial charge in [-0.25, -0.2) is 0 Å². The predicted molar refractivity (Wildman–Crippen MR) is 93.7 cm³/mol. The highest BCUT2D eigenvalue weighted by atomic mass is 16.1. The first-order valence-corrected chi connectivity index (χ1v) is 8.40. The van der Waals surface area contributed by atoms with Gasteiger partial charge in [-0.1, -0.05) is 78.0 Å². The lowest BCUT2D eigenvalue weighted by atomic mass is 10.0. The van der Waals surface area contributed by atoms with E-state index >= 15 is 0 Å². The van der Waals surface area contributed by atoms with Crippen LogP contribution in [0.2, 0.25) is 0 Å². The van der Waals surface area contributed by atoms with Gasteiger partial charge in [0.1, 0.15) is 0 Å². The highest BCUT2D eigenvalue weighted by Gasteiger charge is 2.01. The second-order valence-corrected chi connectivity index (χ2v) is 5.77. The molecule has 1 rings (SSSR count). The minimum absolute atomic E-state index is 0.0106. The number of carbonyl (C=O) groups excluding carboxylic acids is 1. The number of carbonyl (C=O) groups is 1. The van der Waals surface area contributed by atoms with E-state index in [1.807, 2.05) is 18.2 Å². The Morgan fingerprint density at radius 2 is 1.62 bits per heavy atom. The van der Waals surface area contributed by atoms with Crippen LogP contribution in [-0.4, -0.2) is 5.91 Å². The van der Waals surface area contributed by atoms with Gasteiger partial charge in [-0.2, -0.15) is 0 Å². The number of rotatable bonds is 7. The molecule has 0 saturated heterocycles. The molecule has 1 aromatic rings. The summed E-state index contributed by atoms with van der Waals surface area (Å²) in [5.41, 5.74) is 2.15. The summed E-state index contributed by atoms with van der Waals surface area (Å²) < 4.78 is 0. The molecule has 21 heavy (non-hydrogen) atoms. The van der Waals surface area contributed by atoms with Gasteiger partial charge >= 0.3 is 0 Å². The molecule has 0 aliphatic carbocycles. The van der Waals surface area contributed by atoms with E-state index in [4.69, 9.17) is 0 Å². The molecule has 1 aromatic carbocycles. The summed E-state index contributed by atoms with van der Waals surface area (Å²) >= 11 is 0. The van der Waals surface area contributed by atoms with E-state index in [0.717, 1.165) is 24.4 Å². The fourth-order valence-electron chi connectivity index (χ4n) is 2.45. The number of aryl methyl sites for hydroxylation is 1. The normalized spacial score (nSPS) is 10.0. The van der Waals surface area contributed by atoms with Crippen LogP contribution < -0.4 is 5.32 Å². The molecule has 0 aliphatic rings. The van der Waals surface area contributed by atoms with E-state index in [2.05, 4.69) is 39.1 Å². The van der Waals surface area contributed by atoms with Gasteiger partial charge in [0.05, 0.1) is 0 Å². The molecule has 2 heteroatoms. The highest BCUT2D eigenvalue weighted by Crippen LogP contribution is 2.16. The maximum absolute atomic E-state index is 10.9. The zero-order valence-electron chi connectivity index (χ0n) is 14.5. The van der Waals surface area contributed by atoms with Crippen LogP contribution in [0.25, 0.3) is 0 Å². The van der Waals surface area contributed by atoms with Gasteiger partial charge in [-0.15, -0.1) is 0 Å². The Bertz CT molecular complexity index is 381. The van der Waals surface area contributed by atoms with Crippen LogP contribution in [0, 0.1) is 5.92 Å². The lowest BCUT2D eigenvalue weighted by molar-refractivity contribution is -0.114. The minimum Gasteiger partial charge on any atom is -0.326 e. The lowest BCUT2D eigenvalue weighted by Crippen LogP contribution is -2.07. The monoisotopic (exact) mass is 291 g/mol. The van der Waals surface area contributed by atoms with Crippen LogP contribution in [0.15, 0.2) is 24.3 Å². The Balaban J connectivity index is 0.000000433. The second-order valence-electron chi connectivity index (χ2n) is 5.77. The van der Waals surface area contributed by atoms with Gasteiger partial charge in [0.15, 0.2) is 0 Å². The third-order valence-electron chi connectivity index (χ3n) is 3.41. The van der Waals surface area contributed by atoms with Crippen molar-refractivity contribution >= 4 is 11.6 Å². The third kappa shape index (κ3) is 10.1. The van der Waals surface area contributed by atoms with Gasteiger partial charge in [0.2, 0.25) is 5.91 Å². The topological polar surface area (TPSA) is 29.1 Å². The molecule has 0 aliphatic heterocycles. The summed E-state index contributed by atoms with van der Waals surface area (Å²) in [5, 5.41) is 2.82. The van der Waals surface area contributed by atoms with E-state index in [-0.39, 0.29) is 5.91 Å². The summed E-state index contributed by atoms with van der Waals surface area (Å²) in [5.74, 6) is 0.952. The van der Waals surface area contributed by atoms with E-state index in [1.165, 1.54) is 38.2 Å². The summed E-state index contributed by atoms with van der Waals surface area (Å²) in [4.78, 5) is 10.9. The third-order valence-corrected chi connectivity index (χ3v) is 3.41. The van der Waals surface area contributed by atoms with Crippen LogP contribution in [0.4, 0.5) is 5.69 Å². The van der Waals surface area contributed by atoms with Crippen LogP contribution in [0.5, 0.6) is 0 Å². The Labute approximate surface area is 131 Å². The zero-order valence-corrected chi connectivity index (χ0v) is 14.5. The molecule has 0 radical (unpaired) electrons.